The molecule has 0 spiro atoms. The summed E-state index contributed by atoms with van der Waals surface area (Å²) in [5.74, 6) is 1.18. The molecule has 0 bridgehead atoms. The van der Waals surface area contributed by atoms with Gasteiger partial charge in [0.25, 0.3) is 0 Å². The summed E-state index contributed by atoms with van der Waals surface area (Å²) in [4.78, 5) is 3.99. The summed E-state index contributed by atoms with van der Waals surface area (Å²) in [6.07, 6.45) is 2.68. The van der Waals surface area contributed by atoms with Crippen LogP contribution in [0.2, 0.25) is 0 Å². The first-order chi connectivity index (χ1) is 9.25. The van der Waals surface area contributed by atoms with Crippen molar-refractivity contribution in [2.24, 2.45) is 0 Å². The van der Waals surface area contributed by atoms with Crippen molar-refractivity contribution in [3.05, 3.63) is 30.3 Å². The van der Waals surface area contributed by atoms with Gasteiger partial charge in [-0.1, -0.05) is 18.2 Å². The first-order valence-electron chi connectivity index (χ1n) is 7.41. The zero-order valence-electron chi connectivity index (χ0n) is 12.1. The van der Waals surface area contributed by atoms with Crippen LogP contribution >= 0.6 is 11.8 Å². The lowest BCUT2D eigenvalue weighted by atomic mass is 10.2. The highest BCUT2D eigenvalue weighted by Gasteiger charge is 2.19. The SMILES string of the molecule is CC(C)N(CCSc1ccccc1)CC1CCCN1. The largest absolute Gasteiger partial charge is 0.313 e. The predicted molar refractivity (Wildman–Crippen MR) is 84.9 cm³/mol. The third kappa shape index (κ3) is 5.17. The van der Waals surface area contributed by atoms with E-state index < -0.39 is 0 Å². The Morgan fingerprint density at radius 3 is 2.74 bits per heavy atom. The molecule has 1 unspecified atom stereocenters. The van der Waals surface area contributed by atoms with Gasteiger partial charge in [-0.05, 0) is 45.4 Å². The Kier molecular flexibility index (Phi) is 6.21. The fourth-order valence-corrected chi connectivity index (χ4v) is 3.46. The highest BCUT2D eigenvalue weighted by molar-refractivity contribution is 7.99. The lowest BCUT2D eigenvalue weighted by Gasteiger charge is -2.29. The molecule has 1 saturated heterocycles. The molecule has 1 heterocycles. The lowest BCUT2D eigenvalue weighted by molar-refractivity contribution is 0.215. The monoisotopic (exact) mass is 278 g/mol. The quantitative estimate of drug-likeness (QED) is 0.771. The molecule has 0 aromatic heterocycles. The van der Waals surface area contributed by atoms with Crippen molar-refractivity contribution in [2.75, 3.05) is 25.4 Å². The number of nitrogens with zero attached hydrogens (tertiary/aromatic N) is 1. The molecule has 0 amide bonds. The molecule has 2 rings (SSSR count). The minimum atomic E-state index is 0.638. The average molecular weight is 278 g/mol. The van der Waals surface area contributed by atoms with Crippen LogP contribution in [0, 0.1) is 0 Å². The third-order valence-corrected chi connectivity index (χ3v) is 4.73. The summed E-state index contributed by atoms with van der Waals surface area (Å²) in [5, 5.41) is 3.60. The van der Waals surface area contributed by atoms with Gasteiger partial charge in [-0.15, -0.1) is 11.8 Å². The van der Waals surface area contributed by atoms with E-state index in [1.165, 1.54) is 43.1 Å². The van der Waals surface area contributed by atoms with Crippen LogP contribution in [0.25, 0.3) is 0 Å². The Bertz CT molecular complexity index is 347. The number of hydrogen-bond donors (Lipinski definition) is 1. The van der Waals surface area contributed by atoms with E-state index in [4.69, 9.17) is 0 Å². The van der Waals surface area contributed by atoms with Crippen LogP contribution in [-0.2, 0) is 0 Å². The Balaban J connectivity index is 1.73. The molecule has 0 saturated carbocycles. The molecule has 1 aliphatic heterocycles. The minimum absolute atomic E-state index is 0.638. The van der Waals surface area contributed by atoms with Crippen molar-refractivity contribution >= 4 is 11.8 Å². The predicted octanol–water partition coefficient (Wildman–Crippen LogP) is 3.24. The van der Waals surface area contributed by atoms with E-state index in [9.17, 15) is 0 Å². The smallest absolute Gasteiger partial charge is 0.0195 e. The molecule has 2 nitrogen and oxygen atoms in total. The van der Waals surface area contributed by atoms with Gasteiger partial charge in [-0.2, -0.15) is 0 Å². The Labute approximate surface area is 122 Å². The number of nitrogens with one attached hydrogen (secondary N) is 1. The van der Waals surface area contributed by atoms with Gasteiger partial charge < -0.3 is 5.32 Å². The fraction of sp³-hybridized carbons (Fsp3) is 0.625. The zero-order chi connectivity index (χ0) is 13.5. The molecule has 0 radical (unpaired) electrons. The van der Waals surface area contributed by atoms with E-state index >= 15 is 0 Å². The van der Waals surface area contributed by atoms with Gasteiger partial charge in [0.1, 0.15) is 0 Å². The second kappa shape index (κ2) is 7.93. The summed E-state index contributed by atoms with van der Waals surface area (Å²) in [6.45, 7) is 8.20. The van der Waals surface area contributed by atoms with Crippen molar-refractivity contribution in [2.45, 2.75) is 43.7 Å². The topological polar surface area (TPSA) is 15.3 Å². The van der Waals surface area contributed by atoms with Crippen molar-refractivity contribution in [3.63, 3.8) is 0 Å². The van der Waals surface area contributed by atoms with E-state index in [0.717, 1.165) is 0 Å². The molecular weight excluding hydrogens is 252 g/mol. The third-order valence-electron chi connectivity index (χ3n) is 3.74. The Hall–Kier alpha value is -0.510. The molecule has 3 heteroatoms. The first kappa shape index (κ1) is 14.9. The fourth-order valence-electron chi connectivity index (χ4n) is 2.55. The molecule has 19 heavy (non-hydrogen) atoms. The standard InChI is InChI=1S/C16H26N2S/c1-14(2)18(13-15-7-6-10-17-15)11-12-19-16-8-4-3-5-9-16/h3-5,8-9,14-15,17H,6-7,10-13H2,1-2H3. The number of benzene rings is 1. The van der Waals surface area contributed by atoms with Crippen molar-refractivity contribution in [1.82, 2.24) is 10.2 Å². The van der Waals surface area contributed by atoms with Gasteiger partial charge in [0.15, 0.2) is 0 Å². The van der Waals surface area contributed by atoms with E-state index in [1.807, 2.05) is 11.8 Å². The van der Waals surface area contributed by atoms with Crippen LogP contribution in [0.1, 0.15) is 26.7 Å². The van der Waals surface area contributed by atoms with Crippen LogP contribution in [0.4, 0.5) is 0 Å². The molecular formula is C16H26N2S. The average Bonchev–Trinajstić information content (AvgIpc) is 2.91. The summed E-state index contributed by atoms with van der Waals surface area (Å²) >= 11 is 1.96. The molecule has 1 aromatic carbocycles. The van der Waals surface area contributed by atoms with Gasteiger partial charge >= 0.3 is 0 Å². The summed E-state index contributed by atoms with van der Waals surface area (Å²) in [7, 11) is 0. The molecule has 106 valence electrons. The Morgan fingerprint density at radius 1 is 1.32 bits per heavy atom. The molecule has 0 aliphatic carbocycles. The van der Waals surface area contributed by atoms with Gasteiger partial charge in [0, 0.05) is 35.8 Å². The second-order valence-electron chi connectivity index (χ2n) is 5.54. The van der Waals surface area contributed by atoms with Gasteiger partial charge in [0.2, 0.25) is 0 Å². The van der Waals surface area contributed by atoms with Crippen LogP contribution in [0.3, 0.4) is 0 Å². The van der Waals surface area contributed by atoms with E-state index in [2.05, 4.69) is 54.4 Å². The second-order valence-corrected chi connectivity index (χ2v) is 6.71. The molecule has 1 aliphatic rings. The molecule has 1 aromatic rings. The highest BCUT2D eigenvalue weighted by atomic mass is 32.2. The maximum absolute atomic E-state index is 3.60. The Morgan fingerprint density at radius 2 is 2.11 bits per heavy atom. The normalized spacial score (nSPS) is 19.5. The van der Waals surface area contributed by atoms with Gasteiger partial charge in [0.05, 0.1) is 0 Å². The molecule has 1 atom stereocenters. The minimum Gasteiger partial charge on any atom is -0.313 e. The van der Waals surface area contributed by atoms with Gasteiger partial charge in [-0.25, -0.2) is 0 Å². The lowest BCUT2D eigenvalue weighted by Crippen LogP contribution is -2.42. The summed E-state index contributed by atoms with van der Waals surface area (Å²) < 4.78 is 0. The van der Waals surface area contributed by atoms with Crippen LogP contribution in [0.15, 0.2) is 35.2 Å². The van der Waals surface area contributed by atoms with E-state index in [-0.39, 0.29) is 0 Å². The first-order valence-corrected chi connectivity index (χ1v) is 8.39. The van der Waals surface area contributed by atoms with Crippen molar-refractivity contribution in [1.29, 1.82) is 0 Å². The number of rotatable bonds is 7. The van der Waals surface area contributed by atoms with Crippen molar-refractivity contribution < 1.29 is 0 Å². The summed E-state index contributed by atoms with van der Waals surface area (Å²) in [6, 6.07) is 12.1. The number of hydrogen-bond acceptors (Lipinski definition) is 3. The maximum atomic E-state index is 3.60. The van der Waals surface area contributed by atoms with Crippen LogP contribution in [0.5, 0.6) is 0 Å². The van der Waals surface area contributed by atoms with Gasteiger partial charge in [-0.3, -0.25) is 4.90 Å². The van der Waals surface area contributed by atoms with Crippen LogP contribution in [-0.4, -0.2) is 42.4 Å². The summed E-state index contributed by atoms with van der Waals surface area (Å²) in [5.41, 5.74) is 0. The highest BCUT2D eigenvalue weighted by Crippen LogP contribution is 2.18. The van der Waals surface area contributed by atoms with Crippen molar-refractivity contribution in [3.8, 4) is 0 Å². The number of thioether (sulfide) groups is 1. The maximum Gasteiger partial charge on any atom is 0.0195 e. The van der Waals surface area contributed by atoms with E-state index in [1.54, 1.807) is 0 Å². The van der Waals surface area contributed by atoms with E-state index in [0.29, 0.717) is 12.1 Å². The molecule has 1 fully saturated rings. The van der Waals surface area contributed by atoms with Crippen LogP contribution < -0.4 is 5.32 Å². The molecule has 1 N–H and O–H groups in total. The zero-order valence-corrected chi connectivity index (χ0v) is 13.0.